The second-order valence-electron chi connectivity index (χ2n) is 11.4. The third-order valence-electron chi connectivity index (χ3n) is 7.81. The number of likely N-dealkylation sites (N-methyl/N-ethyl adjacent to an activating group) is 1. The predicted molar refractivity (Wildman–Crippen MR) is 170 cm³/mol. The Labute approximate surface area is 291 Å². The maximum absolute atomic E-state index is 13.4. The molecule has 23 heteroatoms. The standard InChI is InChI=1S/C27H48N6O16S/c1-2-32-3-5-33(6-4-32)8-16(38)30-18(22(43)20(41)14(36)9-34)25(46)28-12(7-17(39)40)24(45)31-19(23(44)21(42)15(37)10-35)26(47)29-13(11-50)27(48)49/h12-15,18-23,34-37,41-44,50H,2-11H2,1H3,(H,28,46)(H,29,47)(H,30,38)(H,31,45)(H,39,40)(H,48,49)/t12-,13?,14+,15+,18-,19-,20+,21+,22+,23+/m0/s1. The summed E-state index contributed by atoms with van der Waals surface area (Å²) in [5.74, 6) is -9.25. The van der Waals surface area contributed by atoms with Crippen molar-refractivity contribution in [1.29, 1.82) is 0 Å². The molecular formula is C27H48N6O16S. The summed E-state index contributed by atoms with van der Waals surface area (Å²) in [6.07, 6.45) is -14.8. The minimum atomic E-state index is -2.47. The van der Waals surface area contributed by atoms with Crippen LogP contribution in [0.5, 0.6) is 0 Å². The van der Waals surface area contributed by atoms with Crippen LogP contribution in [0.25, 0.3) is 0 Å². The fourth-order valence-electron chi connectivity index (χ4n) is 4.71. The number of rotatable bonds is 22. The highest BCUT2D eigenvalue weighted by Gasteiger charge is 2.42. The summed E-state index contributed by atoms with van der Waals surface area (Å²) in [5.41, 5.74) is 0. The summed E-state index contributed by atoms with van der Waals surface area (Å²) in [5, 5.41) is 106. The minimum Gasteiger partial charge on any atom is -0.481 e. The molecule has 0 aliphatic carbocycles. The van der Waals surface area contributed by atoms with Crippen molar-refractivity contribution in [2.75, 3.05) is 58.2 Å². The molecule has 1 aliphatic heterocycles. The first kappa shape index (κ1) is 44.8. The number of amides is 4. The van der Waals surface area contributed by atoms with Gasteiger partial charge in [-0.1, -0.05) is 6.92 Å². The molecule has 14 N–H and O–H groups in total. The van der Waals surface area contributed by atoms with Gasteiger partial charge in [0.25, 0.3) is 0 Å². The van der Waals surface area contributed by atoms with E-state index in [9.17, 15) is 74.7 Å². The molecule has 4 amide bonds. The maximum atomic E-state index is 13.4. The van der Waals surface area contributed by atoms with Gasteiger partial charge >= 0.3 is 11.9 Å². The van der Waals surface area contributed by atoms with Gasteiger partial charge in [-0.25, -0.2) is 4.79 Å². The van der Waals surface area contributed by atoms with Gasteiger partial charge in [0, 0.05) is 31.9 Å². The largest absolute Gasteiger partial charge is 0.481 e. The second kappa shape index (κ2) is 21.9. The molecule has 50 heavy (non-hydrogen) atoms. The number of nitrogens with zero attached hydrogens (tertiary/aromatic N) is 2. The van der Waals surface area contributed by atoms with Crippen LogP contribution in [0.2, 0.25) is 0 Å². The Kier molecular flexibility index (Phi) is 19.6. The first-order valence-electron chi connectivity index (χ1n) is 15.4. The van der Waals surface area contributed by atoms with Crippen LogP contribution in [0.1, 0.15) is 13.3 Å². The maximum Gasteiger partial charge on any atom is 0.327 e. The van der Waals surface area contributed by atoms with Gasteiger partial charge in [-0.05, 0) is 6.54 Å². The van der Waals surface area contributed by atoms with Gasteiger partial charge < -0.3 is 77.2 Å². The summed E-state index contributed by atoms with van der Waals surface area (Å²) in [6.45, 7) is 2.36. The van der Waals surface area contributed by atoms with E-state index < -0.39 is 122 Å². The molecule has 1 unspecified atom stereocenters. The Morgan fingerprint density at radius 2 is 1.08 bits per heavy atom. The zero-order chi connectivity index (χ0) is 38.3. The Balaban J connectivity index is 3.37. The van der Waals surface area contributed by atoms with Crippen LogP contribution in [0, 0.1) is 0 Å². The Morgan fingerprint density at radius 3 is 1.48 bits per heavy atom. The predicted octanol–water partition coefficient (Wildman–Crippen LogP) is -8.80. The molecule has 22 nitrogen and oxygen atoms in total. The Morgan fingerprint density at radius 1 is 0.640 bits per heavy atom. The Hall–Kier alpha value is -3.23. The van der Waals surface area contributed by atoms with Crippen molar-refractivity contribution in [2.45, 2.75) is 74.1 Å². The highest BCUT2D eigenvalue weighted by Crippen LogP contribution is 2.11. The monoisotopic (exact) mass is 744 g/mol. The third kappa shape index (κ3) is 13.8. The van der Waals surface area contributed by atoms with Crippen LogP contribution < -0.4 is 21.3 Å². The number of thiol groups is 1. The van der Waals surface area contributed by atoms with E-state index in [2.05, 4.69) is 22.8 Å². The van der Waals surface area contributed by atoms with Gasteiger partial charge in [0.1, 0.15) is 60.8 Å². The average molecular weight is 745 g/mol. The summed E-state index contributed by atoms with van der Waals surface area (Å²) in [4.78, 5) is 79.5. The SMILES string of the molecule is CCN1CCN(CC(=O)N[C@H](C(=O)N[C@@H](CC(=O)O)C(=O)N[C@H](C(=O)NC(CS)C(=O)O)[C@@H](O)[C@H](O)[C@H](O)CO)[C@@H](O)[C@H](O)[C@H](O)CO)CC1. The van der Waals surface area contributed by atoms with Crippen molar-refractivity contribution in [3.63, 3.8) is 0 Å². The lowest BCUT2D eigenvalue weighted by Gasteiger charge is -2.34. The summed E-state index contributed by atoms with van der Waals surface area (Å²) >= 11 is 3.77. The number of piperazine rings is 1. The van der Waals surface area contributed by atoms with E-state index in [1.165, 1.54) is 0 Å². The van der Waals surface area contributed by atoms with Crippen LogP contribution in [0.4, 0.5) is 0 Å². The van der Waals surface area contributed by atoms with E-state index in [1.54, 1.807) is 4.90 Å². The zero-order valence-electron chi connectivity index (χ0n) is 27.1. The van der Waals surface area contributed by atoms with E-state index in [4.69, 9.17) is 5.11 Å². The molecule has 1 rings (SSSR count). The molecule has 0 radical (unpaired) electrons. The topological polar surface area (TPSA) is 359 Å². The van der Waals surface area contributed by atoms with E-state index in [1.807, 2.05) is 22.9 Å². The van der Waals surface area contributed by atoms with Crippen LogP contribution in [0.15, 0.2) is 0 Å². The first-order valence-corrected chi connectivity index (χ1v) is 16.1. The number of hydrogen-bond donors (Lipinski definition) is 15. The smallest absolute Gasteiger partial charge is 0.327 e. The van der Waals surface area contributed by atoms with Gasteiger partial charge in [0.2, 0.25) is 23.6 Å². The number of aliphatic hydroxyl groups is 8. The summed E-state index contributed by atoms with van der Waals surface area (Å²) in [7, 11) is 0. The van der Waals surface area contributed by atoms with E-state index >= 15 is 0 Å². The number of carbonyl (C=O) groups is 6. The molecule has 1 fully saturated rings. The van der Waals surface area contributed by atoms with Crippen LogP contribution in [0.3, 0.4) is 0 Å². The number of carboxylic acids is 2. The van der Waals surface area contributed by atoms with Crippen molar-refractivity contribution in [3.8, 4) is 0 Å². The molecule has 0 spiro atoms. The number of carboxylic acid groups (broad SMARTS) is 2. The van der Waals surface area contributed by atoms with Gasteiger partial charge in [-0.3, -0.25) is 28.9 Å². The average Bonchev–Trinajstić information content (AvgIpc) is 3.08. The van der Waals surface area contributed by atoms with Gasteiger partial charge in [0.15, 0.2) is 0 Å². The van der Waals surface area contributed by atoms with Crippen LogP contribution in [-0.4, -0.2) is 215 Å². The molecule has 0 aromatic heterocycles. The Bertz CT molecular complexity index is 1150. The summed E-state index contributed by atoms with van der Waals surface area (Å²) < 4.78 is 0. The zero-order valence-corrected chi connectivity index (χ0v) is 28.0. The first-order chi connectivity index (χ1) is 23.4. The van der Waals surface area contributed by atoms with Gasteiger partial charge in [-0.15, -0.1) is 0 Å². The molecule has 0 saturated carbocycles. The second-order valence-corrected chi connectivity index (χ2v) is 11.8. The fraction of sp³-hybridized carbons (Fsp3) is 0.778. The van der Waals surface area contributed by atoms with E-state index in [0.717, 1.165) is 6.54 Å². The van der Waals surface area contributed by atoms with Crippen molar-refractivity contribution in [2.24, 2.45) is 0 Å². The number of aliphatic hydroxyl groups excluding tert-OH is 8. The van der Waals surface area contributed by atoms with Crippen molar-refractivity contribution in [3.05, 3.63) is 0 Å². The number of carbonyl (C=O) groups excluding carboxylic acids is 4. The summed E-state index contributed by atoms with van der Waals surface area (Å²) in [6, 6.07) is -8.45. The highest BCUT2D eigenvalue weighted by atomic mass is 32.1. The lowest BCUT2D eigenvalue weighted by atomic mass is 9.98. The van der Waals surface area contributed by atoms with Crippen molar-refractivity contribution >= 4 is 48.2 Å². The van der Waals surface area contributed by atoms with E-state index in [-0.39, 0.29) is 6.54 Å². The molecule has 0 aromatic carbocycles. The fourth-order valence-corrected chi connectivity index (χ4v) is 4.96. The molecule has 1 aliphatic rings. The molecular weight excluding hydrogens is 696 g/mol. The van der Waals surface area contributed by atoms with Gasteiger partial charge in [0.05, 0.1) is 26.2 Å². The van der Waals surface area contributed by atoms with E-state index in [0.29, 0.717) is 26.2 Å². The molecule has 1 saturated heterocycles. The lowest BCUT2D eigenvalue weighted by molar-refractivity contribution is -0.147. The molecule has 10 atom stereocenters. The lowest BCUT2D eigenvalue weighted by Crippen LogP contribution is -2.65. The van der Waals surface area contributed by atoms with Crippen LogP contribution in [-0.2, 0) is 28.8 Å². The van der Waals surface area contributed by atoms with Crippen LogP contribution >= 0.6 is 12.6 Å². The molecule has 288 valence electrons. The van der Waals surface area contributed by atoms with Gasteiger partial charge in [-0.2, -0.15) is 12.6 Å². The minimum absolute atomic E-state index is 0.300. The molecule has 0 bridgehead atoms. The molecule has 1 heterocycles. The number of hydrogen-bond acceptors (Lipinski definition) is 17. The van der Waals surface area contributed by atoms with Crippen molar-refractivity contribution < 1.29 is 79.8 Å². The number of nitrogens with one attached hydrogen (secondary N) is 4. The quantitative estimate of drug-likeness (QED) is 0.0458. The third-order valence-corrected chi connectivity index (χ3v) is 8.18. The van der Waals surface area contributed by atoms with Crippen molar-refractivity contribution in [1.82, 2.24) is 31.1 Å². The normalized spacial score (nSPS) is 20.0. The highest BCUT2D eigenvalue weighted by molar-refractivity contribution is 7.80. The molecule has 0 aromatic rings. The number of aliphatic carboxylic acids is 2.